The van der Waals surface area contributed by atoms with Crippen LogP contribution in [-0.4, -0.2) is 10.2 Å². The van der Waals surface area contributed by atoms with Crippen LogP contribution in [0.15, 0.2) is 24.3 Å². The van der Waals surface area contributed by atoms with Gasteiger partial charge in [-0.25, -0.2) is 0 Å². The van der Waals surface area contributed by atoms with Crippen LogP contribution in [0.1, 0.15) is 87.8 Å². The van der Waals surface area contributed by atoms with Gasteiger partial charge in [0.25, 0.3) is 0 Å². The molecule has 0 radical (unpaired) electrons. The maximum Gasteiger partial charge on any atom is 0.122 e. The van der Waals surface area contributed by atoms with Crippen molar-refractivity contribution < 1.29 is 10.2 Å². The molecule has 2 heteroatoms. The van der Waals surface area contributed by atoms with Crippen molar-refractivity contribution >= 4 is 0 Å². The molecule has 0 spiro atoms. The van der Waals surface area contributed by atoms with E-state index in [1.54, 1.807) is 0 Å². The lowest BCUT2D eigenvalue weighted by Gasteiger charge is -2.25. The molecule has 2 rings (SSSR count). The molecular formula is C26H38O2. The second-order valence-corrected chi connectivity index (χ2v) is 10.2. The zero-order valence-electron chi connectivity index (χ0n) is 19.0. The van der Waals surface area contributed by atoms with Crippen molar-refractivity contribution in [3.05, 3.63) is 57.6 Å². The summed E-state index contributed by atoms with van der Waals surface area (Å²) in [5, 5.41) is 21.6. The van der Waals surface area contributed by atoms with Gasteiger partial charge in [0, 0.05) is 11.1 Å². The Bertz CT molecular complexity index is 761. The van der Waals surface area contributed by atoms with Crippen molar-refractivity contribution in [3.8, 4) is 11.5 Å². The van der Waals surface area contributed by atoms with Gasteiger partial charge in [-0.2, -0.15) is 0 Å². The number of hydrogen-bond acceptors (Lipinski definition) is 2. The smallest absolute Gasteiger partial charge is 0.122 e. The monoisotopic (exact) mass is 382 g/mol. The molecule has 2 aromatic carbocycles. The Morgan fingerprint density at radius 3 is 1.21 bits per heavy atom. The van der Waals surface area contributed by atoms with E-state index >= 15 is 0 Å². The van der Waals surface area contributed by atoms with Gasteiger partial charge in [0.1, 0.15) is 11.5 Å². The summed E-state index contributed by atoms with van der Waals surface area (Å²) in [5.74, 6) is 0.918. The fourth-order valence-electron chi connectivity index (χ4n) is 4.40. The largest absolute Gasteiger partial charge is 0.507 e. The van der Waals surface area contributed by atoms with E-state index in [0.29, 0.717) is 11.5 Å². The molecule has 0 saturated heterocycles. The first kappa shape index (κ1) is 22.3. The molecule has 0 amide bonds. The molecule has 0 heterocycles. The second-order valence-electron chi connectivity index (χ2n) is 10.2. The Kier molecular flexibility index (Phi) is 6.53. The normalized spacial score (nSPS) is 12.4. The highest BCUT2D eigenvalue weighted by Crippen LogP contribution is 2.38. The lowest BCUT2D eigenvalue weighted by atomic mass is 9.81. The Labute approximate surface area is 171 Å². The highest BCUT2D eigenvalue weighted by molar-refractivity contribution is 5.50. The van der Waals surface area contributed by atoms with Gasteiger partial charge in [-0.3, -0.25) is 0 Å². The van der Waals surface area contributed by atoms with Gasteiger partial charge in [0.05, 0.1) is 0 Å². The van der Waals surface area contributed by atoms with Crippen molar-refractivity contribution in [3.63, 3.8) is 0 Å². The third kappa shape index (κ3) is 4.90. The van der Waals surface area contributed by atoms with Crippen LogP contribution in [0.5, 0.6) is 11.5 Å². The van der Waals surface area contributed by atoms with Crippen LogP contribution in [-0.2, 0) is 23.7 Å². The first-order valence-electron chi connectivity index (χ1n) is 10.5. The molecule has 0 atom stereocenters. The van der Waals surface area contributed by atoms with Crippen molar-refractivity contribution in [1.82, 2.24) is 0 Å². The van der Waals surface area contributed by atoms with E-state index in [1.807, 2.05) is 0 Å². The summed E-state index contributed by atoms with van der Waals surface area (Å²) < 4.78 is 0. The molecule has 2 nitrogen and oxygen atoms in total. The molecule has 0 bridgehead atoms. The van der Waals surface area contributed by atoms with E-state index in [-0.39, 0.29) is 10.8 Å². The summed E-state index contributed by atoms with van der Waals surface area (Å²) in [7, 11) is 0. The minimum atomic E-state index is -0.0682. The summed E-state index contributed by atoms with van der Waals surface area (Å²) in [4.78, 5) is 0. The lowest BCUT2D eigenvalue weighted by Crippen LogP contribution is -2.14. The van der Waals surface area contributed by atoms with Crippen LogP contribution in [0, 0.1) is 13.8 Å². The molecule has 0 aliphatic carbocycles. The highest BCUT2D eigenvalue weighted by atomic mass is 16.3. The van der Waals surface area contributed by atoms with E-state index < -0.39 is 0 Å². The van der Waals surface area contributed by atoms with Gasteiger partial charge < -0.3 is 10.2 Å². The van der Waals surface area contributed by atoms with Crippen LogP contribution in [0.25, 0.3) is 0 Å². The highest BCUT2D eigenvalue weighted by Gasteiger charge is 2.23. The molecule has 28 heavy (non-hydrogen) atoms. The number of aryl methyl sites for hydroxylation is 4. The number of benzene rings is 2. The maximum absolute atomic E-state index is 10.8. The van der Waals surface area contributed by atoms with E-state index in [2.05, 4.69) is 79.7 Å². The Morgan fingerprint density at radius 1 is 0.607 bits per heavy atom. The molecule has 0 saturated carbocycles. The minimum absolute atomic E-state index is 0.0682. The zero-order valence-corrected chi connectivity index (χ0v) is 19.0. The lowest BCUT2D eigenvalue weighted by molar-refractivity contribution is 0.434. The number of rotatable bonds is 5. The van der Waals surface area contributed by atoms with Crippen molar-refractivity contribution in [1.29, 1.82) is 0 Å². The van der Waals surface area contributed by atoms with Crippen LogP contribution >= 0.6 is 0 Å². The number of aromatic hydroxyl groups is 2. The standard InChI is InChI=1S/C26H38O2/c1-17-13-15-19(23(27)21(17)25(3,4)5)11-9-10-12-20-16-14-18(2)22(24(20)28)26(6,7)8/h13-16,27-28H,9-12H2,1-8H3. The average Bonchev–Trinajstić information content (AvgIpc) is 2.52. The average molecular weight is 383 g/mol. The van der Waals surface area contributed by atoms with Crippen molar-refractivity contribution in [2.45, 2.75) is 91.9 Å². The quantitative estimate of drug-likeness (QED) is 0.554. The fraction of sp³-hybridized carbons (Fsp3) is 0.538. The number of phenolic OH excluding ortho intramolecular Hbond substituents is 2. The second kappa shape index (κ2) is 8.19. The number of hydrogen-bond donors (Lipinski definition) is 2. The van der Waals surface area contributed by atoms with Crippen LogP contribution < -0.4 is 0 Å². The van der Waals surface area contributed by atoms with Crippen molar-refractivity contribution in [2.24, 2.45) is 0 Å². The Morgan fingerprint density at radius 2 is 0.929 bits per heavy atom. The molecular weight excluding hydrogens is 344 g/mol. The van der Waals surface area contributed by atoms with Gasteiger partial charge in [-0.15, -0.1) is 0 Å². The van der Waals surface area contributed by atoms with Crippen LogP contribution in [0.4, 0.5) is 0 Å². The minimum Gasteiger partial charge on any atom is -0.507 e. The summed E-state index contributed by atoms with van der Waals surface area (Å²) >= 11 is 0. The predicted octanol–water partition coefficient (Wildman–Crippen LogP) is 6.88. The van der Waals surface area contributed by atoms with Crippen LogP contribution in [0.3, 0.4) is 0 Å². The Hall–Kier alpha value is -1.96. The van der Waals surface area contributed by atoms with Crippen molar-refractivity contribution in [2.75, 3.05) is 0 Å². The fourth-order valence-corrected chi connectivity index (χ4v) is 4.40. The topological polar surface area (TPSA) is 40.5 Å². The molecule has 0 unspecified atom stereocenters. The molecule has 154 valence electrons. The summed E-state index contributed by atoms with van der Waals surface area (Å²) in [6, 6.07) is 8.36. The zero-order chi connectivity index (χ0) is 21.3. The van der Waals surface area contributed by atoms with Gasteiger partial charge in [0.15, 0.2) is 0 Å². The molecule has 2 aromatic rings. The predicted molar refractivity (Wildman–Crippen MR) is 120 cm³/mol. The van der Waals surface area contributed by atoms with Gasteiger partial charge in [-0.05, 0) is 72.6 Å². The first-order chi connectivity index (χ1) is 12.8. The van der Waals surface area contributed by atoms with E-state index in [9.17, 15) is 10.2 Å². The van der Waals surface area contributed by atoms with Gasteiger partial charge >= 0.3 is 0 Å². The van der Waals surface area contributed by atoms with Gasteiger partial charge in [0.2, 0.25) is 0 Å². The molecule has 0 aliphatic heterocycles. The maximum atomic E-state index is 10.8. The van der Waals surface area contributed by atoms with E-state index in [1.165, 1.54) is 0 Å². The summed E-state index contributed by atoms with van der Waals surface area (Å²) in [5.41, 5.74) is 6.31. The third-order valence-corrected chi connectivity index (χ3v) is 5.58. The number of phenols is 2. The Balaban J connectivity index is 2.09. The summed E-state index contributed by atoms with van der Waals surface area (Å²) in [6.45, 7) is 17.0. The molecule has 2 N–H and O–H groups in total. The van der Waals surface area contributed by atoms with E-state index in [4.69, 9.17) is 0 Å². The van der Waals surface area contributed by atoms with Gasteiger partial charge in [-0.1, -0.05) is 65.8 Å². The SMILES string of the molecule is Cc1ccc(CCCCc2ccc(C)c(C(C)(C)C)c2O)c(O)c1C(C)(C)C. The first-order valence-corrected chi connectivity index (χ1v) is 10.5. The van der Waals surface area contributed by atoms with E-state index in [0.717, 1.165) is 59.1 Å². The molecule has 0 fully saturated rings. The third-order valence-electron chi connectivity index (χ3n) is 5.58. The number of unbranched alkanes of at least 4 members (excludes halogenated alkanes) is 1. The summed E-state index contributed by atoms with van der Waals surface area (Å²) in [6.07, 6.45) is 3.68. The molecule has 0 aliphatic rings. The van der Waals surface area contributed by atoms with Crippen LogP contribution in [0.2, 0.25) is 0 Å². The molecule has 0 aromatic heterocycles.